The Morgan fingerprint density at radius 2 is 1.83 bits per heavy atom. The van der Waals surface area contributed by atoms with Crippen LogP contribution in [-0.4, -0.2) is 54.7 Å². The van der Waals surface area contributed by atoms with Crippen molar-refractivity contribution in [2.45, 2.75) is 84.3 Å². The van der Waals surface area contributed by atoms with Crippen molar-refractivity contribution in [3.63, 3.8) is 0 Å². The Morgan fingerprint density at radius 3 is 2.14 bits per heavy atom. The van der Waals surface area contributed by atoms with Crippen molar-refractivity contribution in [3.8, 4) is 0 Å². The average Bonchev–Trinajstić information content (AvgIpc) is 3.03. The molecule has 0 radical (unpaired) electrons. The fourth-order valence-electron chi connectivity index (χ4n) is 3.55. The normalized spacial score (nSPS) is 22.7. The first-order valence-corrected chi connectivity index (χ1v) is 10.7. The molecule has 7 nitrogen and oxygen atoms in total. The summed E-state index contributed by atoms with van der Waals surface area (Å²) in [6.45, 7) is 8.57. The van der Waals surface area contributed by atoms with Gasteiger partial charge in [-0.15, -0.1) is 0 Å². The van der Waals surface area contributed by atoms with Crippen LogP contribution < -0.4 is 16.8 Å². The van der Waals surface area contributed by atoms with Crippen LogP contribution in [-0.2, 0) is 14.4 Å². The van der Waals surface area contributed by atoms with Crippen LogP contribution in [0.3, 0.4) is 0 Å². The van der Waals surface area contributed by atoms with Gasteiger partial charge in [0.25, 0.3) is 0 Å². The fraction of sp³-hybridized carbons (Fsp3) is 0.773. The smallest absolute Gasteiger partial charge is 0.246 e. The van der Waals surface area contributed by atoms with E-state index in [4.69, 9.17) is 11.5 Å². The molecular formula is C22H40N4O3. The van der Waals surface area contributed by atoms with Crippen LogP contribution in [0.5, 0.6) is 0 Å². The number of allylic oxidation sites excluding steroid dienone is 1. The molecule has 166 valence electrons. The minimum Gasteiger partial charge on any atom is -0.366 e. The molecule has 2 aliphatic rings. The first-order valence-electron chi connectivity index (χ1n) is 10.7. The molecule has 2 amide bonds. The molecule has 1 saturated carbocycles. The maximum atomic E-state index is 12.5. The number of aldehydes is 1. The highest BCUT2D eigenvalue weighted by Gasteiger charge is 2.32. The van der Waals surface area contributed by atoms with E-state index in [9.17, 15) is 14.4 Å². The minimum atomic E-state index is -0.429. The third kappa shape index (κ3) is 7.90. The maximum Gasteiger partial charge on any atom is 0.246 e. The van der Waals surface area contributed by atoms with Crippen molar-refractivity contribution in [1.29, 1.82) is 0 Å². The van der Waals surface area contributed by atoms with E-state index in [1.165, 1.54) is 19.3 Å². The number of carbonyl (C=O) groups is 3. The lowest BCUT2D eigenvalue weighted by molar-refractivity contribution is -0.125. The quantitative estimate of drug-likeness (QED) is 0.438. The molecule has 2 fully saturated rings. The number of hydrogen-bond donors (Lipinski definition) is 3. The van der Waals surface area contributed by atoms with Gasteiger partial charge in [0.15, 0.2) is 0 Å². The van der Waals surface area contributed by atoms with Crippen LogP contribution >= 0.6 is 0 Å². The molecule has 2 rings (SSSR count). The number of likely N-dealkylation sites (N-methyl/N-ethyl adjacent to an activating group) is 1. The van der Waals surface area contributed by atoms with Crippen molar-refractivity contribution in [2.75, 3.05) is 13.6 Å². The summed E-state index contributed by atoms with van der Waals surface area (Å²) in [6.07, 6.45) is 8.90. The van der Waals surface area contributed by atoms with Crippen LogP contribution in [0.2, 0.25) is 0 Å². The predicted octanol–water partition coefficient (Wildman–Crippen LogP) is 1.75. The van der Waals surface area contributed by atoms with Crippen LogP contribution in [0.1, 0.15) is 66.2 Å². The van der Waals surface area contributed by atoms with Gasteiger partial charge >= 0.3 is 0 Å². The van der Waals surface area contributed by atoms with Gasteiger partial charge in [-0.3, -0.25) is 14.5 Å². The Balaban J connectivity index is 0.000000447. The molecule has 7 heteroatoms. The first-order chi connectivity index (χ1) is 13.5. The zero-order chi connectivity index (χ0) is 22.2. The largest absolute Gasteiger partial charge is 0.366 e. The van der Waals surface area contributed by atoms with Crippen molar-refractivity contribution < 1.29 is 14.4 Å². The van der Waals surface area contributed by atoms with Gasteiger partial charge in [-0.1, -0.05) is 46.1 Å². The van der Waals surface area contributed by atoms with E-state index in [0.29, 0.717) is 11.5 Å². The number of nitrogens with two attached hydrogens (primary N) is 2. The van der Waals surface area contributed by atoms with Crippen molar-refractivity contribution in [3.05, 3.63) is 11.6 Å². The number of likely N-dealkylation sites (tertiary alicyclic amines) is 1. The standard InChI is InChI=1S/C16H27N3O2.C6H13NO/c1-3-12(15(17)20)13(10-11-6-4-7-11)18-16(21)14-8-5-9-19(14)2;1-6(2,3)5(7)4-8/h3,11,13-14H,4-10H2,1-2H3,(H2,17,20)(H,18,21);4-5H,7H2,1-3H3/b12-3+;. The summed E-state index contributed by atoms with van der Waals surface area (Å²) in [7, 11) is 1.98. The van der Waals surface area contributed by atoms with Crippen LogP contribution in [0.4, 0.5) is 0 Å². The molecule has 1 aliphatic heterocycles. The van der Waals surface area contributed by atoms with Gasteiger partial charge in [-0.2, -0.15) is 0 Å². The molecule has 5 N–H and O–H groups in total. The molecule has 0 aromatic carbocycles. The third-order valence-electron chi connectivity index (χ3n) is 6.05. The SMILES string of the molecule is C/C=C(/C(N)=O)C(CC1CCC1)NC(=O)C1CCCN1C.CC(C)(C)C(N)C=O. The fourth-order valence-corrected chi connectivity index (χ4v) is 3.55. The summed E-state index contributed by atoms with van der Waals surface area (Å²) in [6, 6.07) is -0.637. The second-order valence-corrected chi connectivity index (χ2v) is 9.37. The van der Waals surface area contributed by atoms with Crippen molar-refractivity contribution >= 4 is 18.1 Å². The summed E-state index contributed by atoms with van der Waals surface area (Å²) < 4.78 is 0. The zero-order valence-corrected chi connectivity index (χ0v) is 18.7. The Bertz CT molecular complexity index is 593. The lowest BCUT2D eigenvalue weighted by Crippen LogP contribution is -2.48. The molecular weight excluding hydrogens is 368 g/mol. The number of hydrogen-bond acceptors (Lipinski definition) is 5. The van der Waals surface area contributed by atoms with Gasteiger partial charge in [-0.05, 0) is 51.1 Å². The Hall–Kier alpha value is -1.73. The summed E-state index contributed by atoms with van der Waals surface area (Å²) in [4.78, 5) is 36.2. The van der Waals surface area contributed by atoms with E-state index in [1.54, 1.807) is 6.08 Å². The number of carbonyl (C=O) groups excluding carboxylic acids is 3. The number of nitrogens with zero attached hydrogens (tertiary/aromatic N) is 1. The number of primary amides is 1. The predicted molar refractivity (Wildman–Crippen MR) is 116 cm³/mol. The summed E-state index contributed by atoms with van der Waals surface area (Å²) in [5.74, 6) is 0.202. The van der Waals surface area contributed by atoms with Gasteiger partial charge in [0.05, 0.1) is 18.1 Å². The van der Waals surface area contributed by atoms with Crippen LogP contribution in [0, 0.1) is 11.3 Å². The molecule has 1 aliphatic carbocycles. The molecule has 1 saturated heterocycles. The molecule has 29 heavy (non-hydrogen) atoms. The molecule has 0 bridgehead atoms. The highest BCUT2D eigenvalue weighted by molar-refractivity contribution is 5.94. The van der Waals surface area contributed by atoms with Gasteiger partial charge in [0.1, 0.15) is 6.29 Å². The molecule has 0 spiro atoms. The number of amides is 2. The molecule has 3 unspecified atom stereocenters. The zero-order valence-electron chi connectivity index (χ0n) is 18.7. The Kier molecular flexibility index (Phi) is 10.00. The highest BCUT2D eigenvalue weighted by Crippen LogP contribution is 2.32. The molecule has 3 atom stereocenters. The van der Waals surface area contributed by atoms with Crippen LogP contribution in [0.15, 0.2) is 11.6 Å². The van der Waals surface area contributed by atoms with Crippen molar-refractivity contribution in [2.24, 2.45) is 22.8 Å². The average molecular weight is 409 g/mol. The maximum absolute atomic E-state index is 12.5. The van der Waals surface area contributed by atoms with E-state index in [-0.39, 0.29) is 29.4 Å². The van der Waals surface area contributed by atoms with Gasteiger partial charge in [0, 0.05) is 5.57 Å². The van der Waals surface area contributed by atoms with E-state index >= 15 is 0 Å². The van der Waals surface area contributed by atoms with E-state index < -0.39 is 5.91 Å². The van der Waals surface area contributed by atoms with Crippen LogP contribution in [0.25, 0.3) is 0 Å². The van der Waals surface area contributed by atoms with E-state index in [0.717, 1.165) is 32.1 Å². The monoisotopic (exact) mass is 408 g/mol. The molecule has 1 heterocycles. The van der Waals surface area contributed by atoms with E-state index in [2.05, 4.69) is 10.2 Å². The van der Waals surface area contributed by atoms with Gasteiger partial charge < -0.3 is 21.6 Å². The van der Waals surface area contributed by atoms with Crippen molar-refractivity contribution in [1.82, 2.24) is 10.2 Å². The molecule has 0 aromatic heterocycles. The minimum absolute atomic E-state index is 0.0277. The second-order valence-electron chi connectivity index (χ2n) is 9.37. The van der Waals surface area contributed by atoms with E-state index in [1.807, 2.05) is 34.7 Å². The highest BCUT2D eigenvalue weighted by atomic mass is 16.2. The first kappa shape index (κ1) is 25.3. The lowest BCUT2D eigenvalue weighted by Gasteiger charge is -2.31. The Labute approximate surface area is 175 Å². The second kappa shape index (κ2) is 11.5. The third-order valence-corrected chi connectivity index (χ3v) is 6.05. The van der Waals surface area contributed by atoms with Gasteiger partial charge in [0.2, 0.25) is 11.8 Å². The molecule has 0 aromatic rings. The van der Waals surface area contributed by atoms with Gasteiger partial charge in [-0.25, -0.2) is 0 Å². The summed E-state index contributed by atoms with van der Waals surface area (Å²) >= 11 is 0. The Morgan fingerprint density at radius 1 is 1.21 bits per heavy atom. The number of nitrogens with one attached hydrogen (secondary N) is 1. The summed E-state index contributed by atoms with van der Waals surface area (Å²) in [5.41, 5.74) is 11.3. The summed E-state index contributed by atoms with van der Waals surface area (Å²) in [5, 5.41) is 3.07. The number of rotatable bonds is 7. The topological polar surface area (TPSA) is 119 Å². The lowest BCUT2D eigenvalue weighted by atomic mass is 9.79.